The Morgan fingerprint density at radius 2 is 2.10 bits per heavy atom. The molecule has 8 atom stereocenters. The number of rotatable bonds is 3. The van der Waals surface area contributed by atoms with Crippen molar-refractivity contribution in [1.29, 1.82) is 0 Å². The molecule has 0 amide bonds. The Balaban J connectivity index is 1.38. The molecule has 8 unspecified atom stereocenters. The van der Waals surface area contributed by atoms with Gasteiger partial charge in [0.25, 0.3) is 0 Å². The predicted octanol–water partition coefficient (Wildman–Crippen LogP) is 6.78. The molecule has 1 heterocycles. The Morgan fingerprint density at radius 1 is 1.27 bits per heavy atom. The Morgan fingerprint density at radius 3 is 2.90 bits per heavy atom. The minimum Gasteiger partial charge on any atom is -0.374 e. The van der Waals surface area contributed by atoms with E-state index in [0.29, 0.717) is 11.3 Å². The van der Waals surface area contributed by atoms with Gasteiger partial charge in [0.05, 0.1) is 12.6 Å². The van der Waals surface area contributed by atoms with Crippen molar-refractivity contribution >= 4 is 5.71 Å². The second kappa shape index (κ2) is 7.47. The van der Waals surface area contributed by atoms with E-state index in [2.05, 4.69) is 52.5 Å². The lowest BCUT2D eigenvalue weighted by Gasteiger charge is -2.49. The first-order chi connectivity index (χ1) is 14.3. The van der Waals surface area contributed by atoms with Gasteiger partial charge in [-0.25, -0.2) is 0 Å². The van der Waals surface area contributed by atoms with E-state index in [4.69, 9.17) is 9.73 Å². The van der Waals surface area contributed by atoms with Crippen molar-refractivity contribution in [3.8, 4) is 0 Å². The van der Waals surface area contributed by atoms with E-state index in [0.717, 1.165) is 48.8 Å². The summed E-state index contributed by atoms with van der Waals surface area (Å²) in [6, 6.07) is 0. The average molecular weight is 408 g/mol. The first-order valence-electron chi connectivity index (χ1n) is 12.4. The van der Waals surface area contributed by atoms with Crippen molar-refractivity contribution in [3.63, 3.8) is 0 Å². The molecule has 30 heavy (non-hydrogen) atoms. The van der Waals surface area contributed by atoms with Gasteiger partial charge in [-0.15, -0.1) is 0 Å². The third kappa shape index (κ3) is 3.57. The first-order valence-corrected chi connectivity index (χ1v) is 12.4. The summed E-state index contributed by atoms with van der Waals surface area (Å²) in [6.07, 6.45) is 16.8. The Kier molecular flexibility index (Phi) is 5.16. The second-order valence-electron chi connectivity index (χ2n) is 12.2. The lowest BCUT2D eigenvalue weighted by Crippen LogP contribution is -2.45. The highest BCUT2D eigenvalue weighted by atomic mass is 16.5. The molecule has 2 nitrogen and oxygen atoms in total. The second-order valence-corrected chi connectivity index (χ2v) is 12.2. The normalized spacial score (nSPS) is 48.8. The zero-order valence-corrected chi connectivity index (χ0v) is 19.6. The quantitative estimate of drug-likeness (QED) is 0.472. The highest BCUT2D eigenvalue weighted by Crippen LogP contribution is 2.61. The summed E-state index contributed by atoms with van der Waals surface area (Å²) in [5.74, 6) is 4.39. The van der Waals surface area contributed by atoms with E-state index in [1.807, 2.05) is 5.57 Å². The molecule has 4 aliphatic carbocycles. The summed E-state index contributed by atoms with van der Waals surface area (Å²) < 4.78 is 6.53. The lowest BCUT2D eigenvalue weighted by molar-refractivity contribution is -0.0578. The van der Waals surface area contributed by atoms with Gasteiger partial charge in [0.1, 0.15) is 0 Å². The summed E-state index contributed by atoms with van der Waals surface area (Å²) in [7, 11) is 0. The van der Waals surface area contributed by atoms with Crippen LogP contribution in [0, 0.1) is 40.4 Å². The summed E-state index contributed by atoms with van der Waals surface area (Å²) >= 11 is 0. The molecule has 1 saturated heterocycles. The van der Waals surface area contributed by atoms with Gasteiger partial charge in [-0.05, 0) is 93.0 Å². The van der Waals surface area contributed by atoms with Crippen LogP contribution in [0.5, 0.6) is 0 Å². The molecule has 0 aromatic carbocycles. The molecule has 2 saturated carbocycles. The highest BCUT2D eigenvalue weighted by molar-refractivity contribution is 5.96. The van der Waals surface area contributed by atoms with E-state index in [-0.39, 0.29) is 11.5 Å². The molecule has 0 aromatic heterocycles. The zero-order valence-electron chi connectivity index (χ0n) is 19.6. The first kappa shape index (κ1) is 20.7. The summed E-state index contributed by atoms with van der Waals surface area (Å²) in [4.78, 5) is 4.84. The number of nitrogens with zero attached hydrogens (tertiary/aromatic N) is 1. The number of hydrogen-bond acceptors (Lipinski definition) is 2. The van der Waals surface area contributed by atoms with Crippen LogP contribution in [0.15, 0.2) is 40.9 Å². The molecular formula is C28H41NO. The average Bonchev–Trinajstić information content (AvgIpc) is 2.90. The monoisotopic (exact) mass is 407 g/mol. The SMILES string of the molecule is C=C(C)CN=C1C=CC2OCCC(C3(C)C=C4CC5CC(CC45)C3)C(C)CC2(C)C1. The van der Waals surface area contributed by atoms with Gasteiger partial charge in [-0.2, -0.15) is 0 Å². The van der Waals surface area contributed by atoms with E-state index in [9.17, 15) is 0 Å². The largest absolute Gasteiger partial charge is 0.374 e. The van der Waals surface area contributed by atoms with Crippen LogP contribution in [0.25, 0.3) is 0 Å². The van der Waals surface area contributed by atoms with Crippen LogP contribution in [0.1, 0.15) is 72.6 Å². The van der Waals surface area contributed by atoms with Crippen molar-refractivity contribution < 1.29 is 4.74 Å². The molecule has 0 aromatic rings. The van der Waals surface area contributed by atoms with E-state index >= 15 is 0 Å². The number of hydrogen-bond donors (Lipinski definition) is 0. The summed E-state index contributed by atoms with van der Waals surface area (Å²) in [5, 5.41) is 0. The minimum absolute atomic E-state index is 0.148. The zero-order chi connectivity index (χ0) is 21.1. The molecule has 164 valence electrons. The number of allylic oxidation sites excluding steroid dienone is 3. The van der Waals surface area contributed by atoms with Gasteiger partial charge in [0.2, 0.25) is 0 Å². The fourth-order valence-corrected chi connectivity index (χ4v) is 8.17. The lowest BCUT2D eigenvalue weighted by atomic mass is 9.58. The van der Waals surface area contributed by atoms with E-state index in [1.54, 1.807) is 0 Å². The maximum absolute atomic E-state index is 6.53. The minimum atomic E-state index is 0.148. The Hall–Kier alpha value is -1.15. The molecular weight excluding hydrogens is 366 g/mol. The van der Waals surface area contributed by atoms with Crippen molar-refractivity contribution in [1.82, 2.24) is 0 Å². The maximum atomic E-state index is 6.53. The highest BCUT2D eigenvalue weighted by Gasteiger charge is 2.52. The van der Waals surface area contributed by atoms with Crippen LogP contribution in [-0.4, -0.2) is 25.0 Å². The van der Waals surface area contributed by atoms with Gasteiger partial charge >= 0.3 is 0 Å². The van der Waals surface area contributed by atoms with E-state index in [1.165, 1.54) is 44.2 Å². The molecule has 0 radical (unpaired) electrons. The van der Waals surface area contributed by atoms with Crippen LogP contribution < -0.4 is 0 Å². The van der Waals surface area contributed by atoms with Gasteiger partial charge < -0.3 is 4.74 Å². The molecule has 2 heteroatoms. The van der Waals surface area contributed by atoms with Crippen molar-refractivity contribution in [2.24, 2.45) is 45.4 Å². The number of aliphatic imine (C=N–C) groups is 1. The van der Waals surface area contributed by atoms with E-state index < -0.39 is 0 Å². The van der Waals surface area contributed by atoms with Gasteiger partial charge in [0.15, 0.2) is 0 Å². The van der Waals surface area contributed by atoms with Crippen LogP contribution in [-0.2, 0) is 4.74 Å². The van der Waals surface area contributed by atoms with Crippen LogP contribution in [0.2, 0.25) is 0 Å². The van der Waals surface area contributed by atoms with Crippen molar-refractivity contribution in [3.05, 3.63) is 36.0 Å². The molecule has 0 spiro atoms. The molecule has 5 aliphatic rings. The van der Waals surface area contributed by atoms with Gasteiger partial charge in [-0.1, -0.05) is 50.6 Å². The van der Waals surface area contributed by atoms with Crippen LogP contribution in [0.4, 0.5) is 0 Å². The maximum Gasteiger partial charge on any atom is 0.0816 e. The number of ether oxygens (including phenoxy) is 1. The Bertz CT molecular complexity index is 805. The summed E-state index contributed by atoms with van der Waals surface area (Å²) in [6.45, 7) is 15.3. The smallest absolute Gasteiger partial charge is 0.0816 e. The summed E-state index contributed by atoms with van der Waals surface area (Å²) in [5.41, 5.74) is 4.68. The third-order valence-corrected chi connectivity index (χ3v) is 9.35. The molecule has 5 rings (SSSR count). The fourth-order valence-electron chi connectivity index (χ4n) is 8.17. The molecule has 1 aliphatic heterocycles. The molecule has 0 N–H and O–H groups in total. The topological polar surface area (TPSA) is 21.6 Å². The number of fused-ring (bicyclic) bond motifs is 2. The van der Waals surface area contributed by atoms with Crippen molar-refractivity contribution in [2.75, 3.05) is 13.2 Å². The predicted molar refractivity (Wildman–Crippen MR) is 126 cm³/mol. The fraction of sp³-hybridized carbons (Fsp3) is 0.750. The van der Waals surface area contributed by atoms with Gasteiger partial charge in [-0.3, -0.25) is 4.99 Å². The third-order valence-electron chi connectivity index (χ3n) is 9.35. The van der Waals surface area contributed by atoms with Gasteiger partial charge in [0, 0.05) is 17.7 Å². The standard InChI is InChI=1S/C28H41NO/c1-18(2)17-29-23-6-7-26-28(5,16-23)13-19(3)25(8-9-30-26)27(4)14-20-10-21-12-22(15-27)24(21)11-20/h6-7,15,19-21,24-26H,1,8-14,16-17H2,2-5H3. The molecule has 2 bridgehead atoms. The van der Waals surface area contributed by atoms with Crippen LogP contribution >= 0.6 is 0 Å². The van der Waals surface area contributed by atoms with Crippen LogP contribution in [0.3, 0.4) is 0 Å². The Labute approximate surface area is 184 Å². The van der Waals surface area contributed by atoms with Crippen molar-refractivity contribution in [2.45, 2.75) is 78.7 Å². The molecule has 3 fully saturated rings.